The molecule has 0 saturated carbocycles. The Morgan fingerprint density at radius 3 is 2.61 bits per heavy atom. The maximum atomic E-state index is 13.0. The molecule has 7 heteroatoms. The molecule has 0 bridgehead atoms. The first kappa shape index (κ1) is 21.8. The van der Waals surface area contributed by atoms with Crippen LogP contribution in [0.3, 0.4) is 0 Å². The quantitative estimate of drug-likeness (QED) is 0.436. The number of pyridine rings is 1. The molecular weight excluding hydrogens is 432 g/mol. The van der Waals surface area contributed by atoms with Gasteiger partial charge in [-0.25, -0.2) is 4.98 Å². The fourth-order valence-electron chi connectivity index (χ4n) is 4.27. The topological polar surface area (TPSA) is 71.1 Å². The van der Waals surface area contributed by atoms with Crippen molar-refractivity contribution in [2.24, 2.45) is 0 Å². The van der Waals surface area contributed by atoms with Crippen LogP contribution < -0.4 is 4.74 Å². The van der Waals surface area contributed by atoms with Crippen LogP contribution >= 0.6 is 0 Å². The average molecular weight is 461 g/mol. The summed E-state index contributed by atoms with van der Waals surface area (Å²) in [5, 5.41) is 0.481. The molecule has 1 atom stereocenters. The zero-order valence-electron chi connectivity index (χ0n) is 18.7. The number of benzene rings is 2. The van der Waals surface area contributed by atoms with Gasteiger partial charge in [-0.1, -0.05) is 42.5 Å². The third-order valence-corrected chi connectivity index (χ3v) is 7.35. The summed E-state index contributed by atoms with van der Waals surface area (Å²) in [6.07, 6.45) is 3.92. The van der Waals surface area contributed by atoms with Crippen LogP contribution in [0.15, 0.2) is 72.0 Å². The molecule has 6 nitrogen and oxygen atoms in total. The molecule has 4 aromatic rings. The Morgan fingerprint density at radius 1 is 1.06 bits per heavy atom. The number of rotatable bonds is 7. The van der Waals surface area contributed by atoms with Gasteiger partial charge in [-0.15, -0.1) is 0 Å². The molecule has 1 aliphatic rings. The molecule has 170 valence electrons. The van der Waals surface area contributed by atoms with Gasteiger partial charge < -0.3 is 9.72 Å². The molecule has 2 aromatic heterocycles. The van der Waals surface area contributed by atoms with Crippen LogP contribution in [0.5, 0.6) is 5.75 Å². The fraction of sp³-hybridized carbons (Fsp3) is 0.308. The Hall–Kier alpha value is -3.03. The number of nitrogens with zero attached hydrogens (tertiary/aromatic N) is 3. The highest BCUT2D eigenvalue weighted by molar-refractivity contribution is 7.84. The maximum absolute atomic E-state index is 13.0. The number of nitrogens with one attached hydrogen (secondary N) is 1. The summed E-state index contributed by atoms with van der Waals surface area (Å²) in [6.45, 7) is 5.02. The number of aromatic amines is 1. The maximum Gasteiger partial charge on any atom is 0.197 e. The molecular formula is C26H28N4O2S. The van der Waals surface area contributed by atoms with Gasteiger partial charge in [-0.2, -0.15) is 0 Å². The van der Waals surface area contributed by atoms with Crippen molar-refractivity contribution in [2.45, 2.75) is 43.3 Å². The second-order valence-electron chi connectivity index (χ2n) is 8.51. The Balaban J connectivity index is 1.20. The summed E-state index contributed by atoms with van der Waals surface area (Å²) in [4.78, 5) is 14.6. The summed E-state index contributed by atoms with van der Waals surface area (Å²) < 4.78 is 19.3. The van der Waals surface area contributed by atoms with Crippen molar-refractivity contribution in [1.82, 2.24) is 19.9 Å². The molecule has 0 radical (unpaired) electrons. The zero-order valence-corrected chi connectivity index (χ0v) is 19.6. The molecule has 1 fully saturated rings. The third-order valence-electron chi connectivity index (χ3n) is 6.19. The smallest absolute Gasteiger partial charge is 0.197 e. The van der Waals surface area contributed by atoms with Gasteiger partial charge in [0, 0.05) is 31.4 Å². The number of hydrogen-bond acceptors (Lipinski definition) is 5. The first-order chi connectivity index (χ1) is 16.2. The lowest BCUT2D eigenvalue weighted by atomic mass is 10.1. The number of piperidine rings is 1. The summed E-state index contributed by atoms with van der Waals surface area (Å²) >= 11 is 0. The van der Waals surface area contributed by atoms with E-state index >= 15 is 0 Å². The Labute approximate surface area is 196 Å². The molecule has 2 aromatic carbocycles. The van der Waals surface area contributed by atoms with Gasteiger partial charge >= 0.3 is 0 Å². The number of H-pyrrole nitrogens is 1. The molecule has 5 rings (SSSR count). The van der Waals surface area contributed by atoms with E-state index in [9.17, 15) is 4.21 Å². The number of imidazole rings is 1. The van der Waals surface area contributed by atoms with E-state index in [0.29, 0.717) is 10.9 Å². The van der Waals surface area contributed by atoms with Gasteiger partial charge in [0.05, 0.1) is 33.3 Å². The van der Waals surface area contributed by atoms with Crippen LogP contribution in [0, 0.1) is 6.92 Å². The molecule has 1 unspecified atom stereocenters. The van der Waals surface area contributed by atoms with Crippen LogP contribution in [0.25, 0.3) is 11.0 Å². The molecule has 0 amide bonds. The van der Waals surface area contributed by atoms with Gasteiger partial charge in [-0.3, -0.25) is 14.1 Å². The lowest BCUT2D eigenvalue weighted by Gasteiger charge is -2.32. The molecule has 0 spiro atoms. The average Bonchev–Trinajstić information content (AvgIpc) is 3.28. The Kier molecular flexibility index (Phi) is 6.51. The number of ether oxygens (including phenoxy) is 1. The second kappa shape index (κ2) is 9.85. The summed E-state index contributed by atoms with van der Waals surface area (Å²) in [5.41, 5.74) is 4.80. The van der Waals surface area contributed by atoms with Crippen molar-refractivity contribution in [3.63, 3.8) is 0 Å². The van der Waals surface area contributed by atoms with E-state index < -0.39 is 10.8 Å². The van der Waals surface area contributed by atoms with E-state index in [4.69, 9.17) is 4.74 Å². The van der Waals surface area contributed by atoms with Gasteiger partial charge in [0.2, 0.25) is 0 Å². The van der Waals surface area contributed by atoms with Gasteiger partial charge in [0.25, 0.3) is 0 Å². The highest BCUT2D eigenvalue weighted by atomic mass is 32.2. The summed E-state index contributed by atoms with van der Waals surface area (Å²) in [7, 11) is -1.31. The monoisotopic (exact) mass is 460 g/mol. The van der Waals surface area contributed by atoms with Crippen LogP contribution in [0.1, 0.15) is 29.7 Å². The number of hydrogen-bond donors (Lipinski definition) is 1. The van der Waals surface area contributed by atoms with Crippen LogP contribution in [0.4, 0.5) is 0 Å². The minimum Gasteiger partial charge on any atom is -0.490 e. The van der Waals surface area contributed by atoms with Gasteiger partial charge in [0.1, 0.15) is 11.9 Å². The van der Waals surface area contributed by atoms with Crippen LogP contribution in [0.2, 0.25) is 0 Å². The van der Waals surface area contributed by atoms with E-state index in [1.54, 1.807) is 6.20 Å². The molecule has 0 aliphatic carbocycles. The van der Waals surface area contributed by atoms with E-state index in [-0.39, 0.29) is 6.10 Å². The normalized spacial score (nSPS) is 16.2. The summed E-state index contributed by atoms with van der Waals surface area (Å²) in [6, 6.07) is 20.2. The predicted octanol–water partition coefficient (Wildman–Crippen LogP) is 4.62. The van der Waals surface area contributed by atoms with Crippen LogP contribution in [-0.4, -0.2) is 43.3 Å². The number of aromatic nitrogens is 3. The minimum atomic E-state index is -1.31. The number of fused-ring (bicyclic) bond motifs is 1. The number of likely N-dealkylation sites (tertiary alicyclic amines) is 1. The summed E-state index contributed by atoms with van der Waals surface area (Å²) in [5.74, 6) is 1.14. The predicted molar refractivity (Wildman–Crippen MR) is 131 cm³/mol. The van der Waals surface area contributed by atoms with E-state index in [1.807, 2.05) is 37.3 Å². The minimum absolute atomic E-state index is 0.187. The van der Waals surface area contributed by atoms with Crippen molar-refractivity contribution in [3.8, 4) is 5.75 Å². The first-order valence-corrected chi connectivity index (χ1v) is 12.7. The molecule has 3 heterocycles. The Bertz CT molecular complexity index is 1220. The van der Waals surface area contributed by atoms with Crippen molar-refractivity contribution >= 4 is 21.8 Å². The fourth-order valence-corrected chi connectivity index (χ4v) is 5.37. The van der Waals surface area contributed by atoms with Crippen LogP contribution in [-0.2, 0) is 23.1 Å². The zero-order chi connectivity index (χ0) is 22.6. The lowest BCUT2D eigenvalue weighted by Crippen LogP contribution is -2.37. The molecule has 1 N–H and O–H groups in total. The van der Waals surface area contributed by atoms with Crippen molar-refractivity contribution in [1.29, 1.82) is 0 Å². The van der Waals surface area contributed by atoms with E-state index in [0.717, 1.165) is 60.5 Å². The molecule has 1 saturated heterocycles. The number of para-hydroxylation sites is 2. The highest BCUT2D eigenvalue weighted by Gasteiger charge is 2.22. The van der Waals surface area contributed by atoms with Crippen molar-refractivity contribution < 1.29 is 8.95 Å². The molecule has 33 heavy (non-hydrogen) atoms. The van der Waals surface area contributed by atoms with Gasteiger partial charge in [-0.05, 0) is 43.5 Å². The highest BCUT2D eigenvalue weighted by Crippen LogP contribution is 2.26. The van der Waals surface area contributed by atoms with E-state index in [2.05, 4.69) is 50.2 Å². The first-order valence-electron chi connectivity index (χ1n) is 11.4. The molecule has 1 aliphatic heterocycles. The van der Waals surface area contributed by atoms with E-state index in [1.165, 1.54) is 5.56 Å². The lowest BCUT2D eigenvalue weighted by molar-refractivity contribution is 0.0961. The Morgan fingerprint density at radius 2 is 1.82 bits per heavy atom. The standard InChI is InChI=1S/C26H28N4O2S/c1-19-24(18-33(31)26-28-22-9-5-6-10-23(22)29-26)27-14-11-25(19)32-21-12-15-30(16-13-21)17-20-7-3-2-4-8-20/h2-11,14,21H,12-13,15-18H2,1H3,(H,28,29). The third kappa shape index (κ3) is 5.15. The SMILES string of the molecule is Cc1c(OC2CCN(Cc3ccccc3)CC2)ccnc1CS(=O)c1nc2ccccc2[nH]1. The van der Waals surface area contributed by atoms with Gasteiger partial charge in [0.15, 0.2) is 5.16 Å². The van der Waals surface area contributed by atoms with Crippen molar-refractivity contribution in [3.05, 3.63) is 83.7 Å². The van der Waals surface area contributed by atoms with Crippen molar-refractivity contribution in [2.75, 3.05) is 13.1 Å². The largest absolute Gasteiger partial charge is 0.490 e. The second-order valence-corrected chi connectivity index (χ2v) is 9.88.